The lowest BCUT2D eigenvalue weighted by atomic mass is 10.2. The van der Waals surface area contributed by atoms with E-state index in [0.717, 1.165) is 16.8 Å². The Balaban J connectivity index is 2.45. The van der Waals surface area contributed by atoms with Gasteiger partial charge in [-0.05, 0) is 30.2 Å². The lowest BCUT2D eigenvalue weighted by molar-refractivity contribution is 0.881. The molecule has 0 spiro atoms. The molecule has 0 bridgehead atoms. The molecule has 0 fully saturated rings. The number of nitrogens with two attached hydrogens (primary N) is 2. The maximum atomic E-state index is 5.92. The first-order valence-electron chi connectivity index (χ1n) is 4.81. The van der Waals surface area contributed by atoms with Gasteiger partial charge in [0.15, 0.2) is 0 Å². The van der Waals surface area contributed by atoms with Crippen molar-refractivity contribution in [1.29, 1.82) is 0 Å². The Morgan fingerprint density at radius 3 is 2.73 bits per heavy atom. The molecule has 0 radical (unpaired) electrons. The molecule has 0 aliphatic heterocycles. The first-order valence-corrected chi connectivity index (χ1v) is 4.81. The van der Waals surface area contributed by atoms with Crippen molar-refractivity contribution in [2.75, 3.05) is 5.73 Å². The van der Waals surface area contributed by atoms with E-state index >= 15 is 0 Å². The SMILES string of the molecule is Cc1cnn(-c2ccc(CN)cc2N)c1. The fourth-order valence-electron chi connectivity index (χ4n) is 1.48. The Kier molecular flexibility index (Phi) is 2.43. The molecule has 1 aromatic heterocycles. The van der Waals surface area contributed by atoms with Gasteiger partial charge in [-0.2, -0.15) is 5.10 Å². The van der Waals surface area contributed by atoms with E-state index in [2.05, 4.69) is 5.10 Å². The molecule has 4 N–H and O–H groups in total. The minimum Gasteiger partial charge on any atom is -0.397 e. The molecular weight excluding hydrogens is 188 g/mol. The van der Waals surface area contributed by atoms with Crippen LogP contribution in [-0.4, -0.2) is 9.78 Å². The van der Waals surface area contributed by atoms with E-state index in [9.17, 15) is 0 Å². The number of aromatic nitrogens is 2. The fourth-order valence-corrected chi connectivity index (χ4v) is 1.48. The molecule has 1 aromatic carbocycles. The van der Waals surface area contributed by atoms with Crippen molar-refractivity contribution in [2.45, 2.75) is 13.5 Å². The van der Waals surface area contributed by atoms with Crippen LogP contribution in [0.2, 0.25) is 0 Å². The van der Waals surface area contributed by atoms with E-state index in [-0.39, 0.29) is 0 Å². The van der Waals surface area contributed by atoms with Crippen LogP contribution in [0.1, 0.15) is 11.1 Å². The third-order valence-corrected chi connectivity index (χ3v) is 2.29. The number of benzene rings is 1. The highest BCUT2D eigenvalue weighted by atomic mass is 15.3. The largest absolute Gasteiger partial charge is 0.397 e. The summed E-state index contributed by atoms with van der Waals surface area (Å²) in [6.45, 7) is 2.50. The molecule has 2 rings (SSSR count). The zero-order valence-electron chi connectivity index (χ0n) is 8.64. The lowest BCUT2D eigenvalue weighted by Gasteiger charge is -2.07. The van der Waals surface area contributed by atoms with Crippen molar-refractivity contribution < 1.29 is 0 Å². The second-order valence-electron chi connectivity index (χ2n) is 3.56. The van der Waals surface area contributed by atoms with Crippen LogP contribution in [0.5, 0.6) is 0 Å². The van der Waals surface area contributed by atoms with Gasteiger partial charge in [0.1, 0.15) is 0 Å². The third kappa shape index (κ3) is 1.85. The summed E-state index contributed by atoms with van der Waals surface area (Å²) >= 11 is 0. The second-order valence-corrected chi connectivity index (χ2v) is 3.56. The molecule has 0 atom stereocenters. The number of hydrogen-bond donors (Lipinski definition) is 2. The number of nitrogen functional groups attached to an aromatic ring is 1. The number of hydrogen-bond acceptors (Lipinski definition) is 3. The predicted octanol–water partition coefficient (Wildman–Crippen LogP) is 1.22. The lowest BCUT2D eigenvalue weighted by Crippen LogP contribution is -2.03. The van der Waals surface area contributed by atoms with Crippen LogP contribution in [0.4, 0.5) is 5.69 Å². The summed E-state index contributed by atoms with van der Waals surface area (Å²) in [6, 6.07) is 5.78. The van der Waals surface area contributed by atoms with Gasteiger partial charge in [-0.15, -0.1) is 0 Å². The summed E-state index contributed by atoms with van der Waals surface area (Å²) in [5, 5.41) is 4.21. The van der Waals surface area contributed by atoms with E-state index in [4.69, 9.17) is 11.5 Å². The highest BCUT2D eigenvalue weighted by Gasteiger charge is 2.03. The summed E-state index contributed by atoms with van der Waals surface area (Å²) in [4.78, 5) is 0. The molecule has 0 amide bonds. The molecule has 4 heteroatoms. The van der Waals surface area contributed by atoms with Gasteiger partial charge in [0.25, 0.3) is 0 Å². The number of rotatable bonds is 2. The zero-order chi connectivity index (χ0) is 10.8. The van der Waals surface area contributed by atoms with E-state index in [1.807, 2.05) is 31.3 Å². The summed E-state index contributed by atoms with van der Waals surface area (Å²) < 4.78 is 1.77. The normalized spacial score (nSPS) is 10.5. The van der Waals surface area contributed by atoms with Gasteiger partial charge in [-0.25, -0.2) is 4.68 Å². The number of anilines is 1. The summed E-state index contributed by atoms with van der Waals surface area (Å²) in [7, 11) is 0. The van der Waals surface area contributed by atoms with Crippen molar-refractivity contribution in [2.24, 2.45) is 5.73 Å². The van der Waals surface area contributed by atoms with Crippen LogP contribution in [0, 0.1) is 6.92 Å². The van der Waals surface area contributed by atoms with Gasteiger partial charge >= 0.3 is 0 Å². The summed E-state index contributed by atoms with van der Waals surface area (Å²) in [5.74, 6) is 0. The van der Waals surface area contributed by atoms with Crippen molar-refractivity contribution >= 4 is 5.69 Å². The van der Waals surface area contributed by atoms with Crippen molar-refractivity contribution in [3.63, 3.8) is 0 Å². The molecule has 2 aromatic rings. The Morgan fingerprint density at radius 1 is 1.40 bits per heavy atom. The standard InChI is InChI=1S/C11H14N4/c1-8-6-14-15(7-8)11-3-2-9(5-12)4-10(11)13/h2-4,6-7H,5,12-13H2,1H3. The Bertz CT molecular complexity index is 473. The maximum Gasteiger partial charge on any atom is 0.0875 e. The molecule has 0 aliphatic rings. The zero-order valence-corrected chi connectivity index (χ0v) is 8.64. The van der Waals surface area contributed by atoms with Crippen LogP contribution in [0.3, 0.4) is 0 Å². The Hall–Kier alpha value is -1.81. The minimum atomic E-state index is 0.503. The monoisotopic (exact) mass is 202 g/mol. The molecule has 0 unspecified atom stereocenters. The molecule has 78 valence electrons. The summed E-state index contributed by atoms with van der Waals surface area (Å²) in [6.07, 6.45) is 3.74. The van der Waals surface area contributed by atoms with Crippen LogP contribution >= 0.6 is 0 Å². The predicted molar refractivity (Wildman–Crippen MR) is 60.6 cm³/mol. The first-order chi connectivity index (χ1) is 7.20. The highest BCUT2D eigenvalue weighted by Crippen LogP contribution is 2.18. The summed E-state index contributed by atoms with van der Waals surface area (Å²) in [5.41, 5.74) is 15.2. The first kappa shape index (κ1) is 9.73. The Labute approximate surface area is 88.5 Å². The average molecular weight is 202 g/mol. The number of aryl methyl sites for hydroxylation is 1. The van der Waals surface area contributed by atoms with Gasteiger partial charge in [0, 0.05) is 12.7 Å². The molecule has 0 aliphatic carbocycles. The fraction of sp³-hybridized carbons (Fsp3) is 0.182. The van der Waals surface area contributed by atoms with Crippen LogP contribution in [-0.2, 0) is 6.54 Å². The van der Waals surface area contributed by atoms with Gasteiger partial charge in [-0.3, -0.25) is 0 Å². The maximum absolute atomic E-state index is 5.92. The van der Waals surface area contributed by atoms with E-state index in [1.54, 1.807) is 10.9 Å². The third-order valence-electron chi connectivity index (χ3n) is 2.29. The second kappa shape index (κ2) is 3.74. The molecular formula is C11H14N4. The van der Waals surface area contributed by atoms with Gasteiger partial charge < -0.3 is 11.5 Å². The minimum absolute atomic E-state index is 0.503. The van der Waals surface area contributed by atoms with E-state index in [1.165, 1.54) is 0 Å². The van der Waals surface area contributed by atoms with Crippen LogP contribution in [0.15, 0.2) is 30.6 Å². The molecule has 0 saturated heterocycles. The molecule has 4 nitrogen and oxygen atoms in total. The smallest absolute Gasteiger partial charge is 0.0875 e. The van der Waals surface area contributed by atoms with Crippen LogP contribution in [0.25, 0.3) is 5.69 Å². The average Bonchev–Trinajstić information content (AvgIpc) is 2.64. The molecule has 0 saturated carbocycles. The van der Waals surface area contributed by atoms with E-state index in [0.29, 0.717) is 12.2 Å². The highest BCUT2D eigenvalue weighted by molar-refractivity contribution is 5.58. The topological polar surface area (TPSA) is 69.9 Å². The van der Waals surface area contributed by atoms with Crippen molar-refractivity contribution in [1.82, 2.24) is 9.78 Å². The number of nitrogens with zero attached hydrogens (tertiary/aromatic N) is 2. The molecule has 1 heterocycles. The van der Waals surface area contributed by atoms with Gasteiger partial charge in [0.05, 0.1) is 17.6 Å². The van der Waals surface area contributed by atoms with Gasteiger partial charge in [0.2, 0.25) is 0 Å². The molecule has 15 heavy (non-hydrogen) atoms. The van der Waals surface area contributed by atoms with Crippen molar-refractivity contribution in [3.8, 4) is 5.69 Å². The quantitative estimate of drug-likeness (QED) is 0.719. The van der Waals surface area contributed by atoms with Crippen molar-refractivity contribution in [3.05, 3.63) is 41.7 Å². The van der Waals surface area contributed by atoms with Gasteiger partial charge in [-0.1, -0.05) is 6.07 Å². The Morgan fingerprint density at radius 2 is 2.20 bits per heavy atom. The van der Waals surface area contributed by atoms with E-state index < -0.39 is 0 Å². The van der Waals surface area contributed by atoms with Crippen LogP contribution < -0.4 is 11.5 Å².